The van der Waals surface area contributed by atoms with E-state index in [1.165, 1.54) is 60.0 Å². The molecule has 28 rings (SSSR count). The first-order valence-corrected chi connectivity index (χ1v) is 44.6. The van der Waals surface area contributed by atoms with Gasteiger partial charge in [-0.2, -0.15) is 0 Å². The topological polar surface area (TPSA) is 135 Å². The van der Waals surface area contributed by atoms with Crippen LogP contribution in [-0.4, -0.2) is 39.9 Å². The molecule has 0 N–H and O–H groups in total. The van der Waals surface area contributed by atoms with E-state index >= 15 is 0 Å². The van der Waals surface area contributed by atoms with Crippen molar-refractivity contribution in [2.45, 2.75) is 10.8 Å². The van der Waals surface area contributed by atoms with Crippen molar-refractivity contribution in [1.29, 1.82) is 0 Å². The van der Waals surface area contributed by atoms with Crippen LogP contribution in [0.25, 0.3) is 199 Å². The van der Waals surface area contributed by atoms with Gasteiger partial charge in [0, 0.05) is 119 Å². The average molecular weight is 1680 g/mol. The van der Waals surface area contributed by atoms with Crippen LogP contribution in [0.1, 0.15) is 44.5 Å². The first-order valence-electron chi connectivity index (χ1n) is 43.7. The molecule has 0 amide bonds. The fourth-order valence-corrected chi connectivity index (χ4v) is 22.4. The Balaban J connectivity index is 0.000000134. The van der Waals surface area contributed by atoms with Gasteiger partial charge in [0.25, 0.3) is 0 Å². The zero-order valence-electron chi connectivity index (χ0n) is 69.5. The quantitative estimate of drug-likeness (QED) is 0.135. The molecule has 0 radical (unpaired) electrons. The second-order valence-electron chi connectivity index (χ2n) is 33.7. The van der Waals surface area contributed by atoms with Gasteiger partial charge in [0.05, 0.1) is 33.3 Å². The molecule has 6 aromatic heterocycles. The molecule has 0 saturated heterocycles. The predicted molar refractivity (Wildman–Crippen MR) is 524 cm³/mol. The molecule has 130 heavy (non-hydrogen) atoms. The molecule has 0 unspecified atom stereocenters. The van der Waals surface area contributed by atoms with Gasteiger partial charge in [-0.25, -0.2) is 39.9 Å². The van der Waals surface area contributed by atoms with Gasteiger partial charge in [0.15, 0.2) is 34.9 Å². The number of fused-ring (bicyclic) bond motifs is 30. The molecule has 2 aliphatic carbocycles. The number of hydrogen-bond donors (Lipinski definition) is 0. The van der Waals surface area contributed by atoms with Crippen molar-refractivity contribution in [3.05, 3.63) is 457 Å². The molecule has 18 aromatic carbocycles. The molecule has 0 fully saturated rings. The Morgan fingerprint density at radius 1 is 0.200 bits per heavy atom. The summed E-state index contributed by atoms with van der Waals surface area (Å²) in [4.78, 5) is 42.2. The van der Waals surface area contributed by atoms with Crippen LogP contribution in [0.3, 0.4) is 0 Å². The van der Waals surface area contributed by atoms with Crippen LogP contribution in [0.15, 0.2) is 417 Å². The number of rotatable bonds is 8. The van der Waals surface area contributed by atoms with Gasteiger partial charge in [0.2, 0.25) is 0 Å². The summed E-state index contributed by atoms with van der Waals surface area (Å²) in [6.45, 7) is 0. The number of thiophene rings is 1. The number of para-hydroxylation sites is 3. The highest BCUT2D eigenvalue weighted by atomic mass is 32.1. The van der Waals surface area contributed by atoms with Crippen LogP contribution in [0, 0.1) is 0 Å². The first-order chi connectivity index (χ1) is 64.4. The predicted octanol–water partition coefficient (Wildman–Crippen LogP) is 29.7. The number of nitrogens with zero attached hydrogens (tertiary/aromatic N) is 8. The Kier molecular flexibility index (Phi) is 16.2. The highest BCUT2D eigenvalue weighted by Gasteiger charge is 2.53. The maximum Gasteiger partial charge on any atom is 0.165 e. The minimum atomic E-state index is -0.605. The summed E-state index contributed by atoms with van der Waals surface area (Å²) in [5, 5.41) is 10.7. The zero-order valence-corrected chi connectivity index (χ0v) is 70.3. The van der Waals surface area contributed by atoms with Gasteiger partial charge in [0.1, 0.15) is 34.2 Å². The van der Waals surface area contributed by atoms with Crippen LogP contribution < -0.4 is 9.47 Å². The Hall–Kier alpha value is -17.1. The molecular weight excluding hydrogens is 1610 g/mol. The maximum absolute atomic E-state index is 6.97. The van der Waals surface area contributed by atoms with Gasteiger partial charge in [-0.3, -0.25) is 0 Å². The standard InChI is InChI=1S/C59H34N4O2.C59H34N4OS/c1-3-16-35(17-4-1)55-44-34-53-48(59(47-26-12-14-28-51(47)65-53)45-24-10-7-20-38(45)39-21-8-11-25-46(39)59)33-43(44)40-31-30-37(32-49(40)60-55)57-61-56(36-18-5-2-6-19-36)62-58(63-57)42-23-15-29-52-54(42)41-22-9-13-27-50(41)64-52;1-3-16-35(17-4-1)54-45-34-52-49(59(48-27-12-13-28-51(48)64-52)46-25-10-7-20-38(46)39-21-8-11-26-47(39)59)33-44(45)40-31-30-37(32-50(40)60-54)57-61-56(36-18-5-2-6-19-36)62-58(63-57)43-24-15-23-42-41-22-9-14-29-53(41)65-55(42)43/h2*1-34H. The van der Waals surface area contributed by atoms with E-state index < -0.39 is 10.8 Å². The van der Waals surface area contributed by atoms with Gasteiger partial charge < -0.3 is 13.9 Å². The minimum Gasteiger partial charge on any atom is -0.457 e. The number of aromatic nitrogens is 8. The van der Waals surface area contributed by atoms with Crippen LogP contribution in [0.4, 0.5) is 0 Å². The second-order valence-corrected chi connectivity index (χ2v) is 34.7. The summed E-state index contributed by atoms with van der Waals surface area (Å²) in [7, 11) is 0. The highest BCUT2D eigenvalue weighted by molar-refractivity contribution is 7.26. The first kappa shape index (κ1) is 73.3. The zero-order chi connectivity index (χ0) is 85.3. The SMILES string of the molecule is c1ccc(-c2nc(-c3ccc4c(c3)nc(-c3ccccc3)c3cc5c(cc34)C3(c4ccccc4O5)c4ccccc4-c4ccccc43)nc(-c3cccc4c3sc3ccccc34)n2)cc1.c1ccc(-c2nc(-c3ccc4c(c3)nc(-c3ccccc3)c3cc5c(cc34)C3(c4ccccc4O5)c4ccccc4-c4ccccc43)nc(-c3cccc4oc5ccccc5c34)n2)cc1. The van der Waals surface area contributed by atoms with Crippen molar-refractivity contribution in [2.24, 2.45) is 0 Å². The van der Waals surface area contributed by atoms with Crippen LogP contribution in [0.5, 0.6) is 23.0 Å². The molecule has 604 valence electrons. The average Bonchev–Trinajstić information content (AvgIpc) is 1.47. The van der Waals surface area contributed by atoms with Gasteiger partial charge in [-0.05, 0) is 128 Å². The smallest absolute Gasteiger partial charge is 0.165 e. The molecule has 8 heterocycles. The third-order valence-corrected chi connectivity index (χ3v) is 28.0. The molecule has 4 aliphatic rings. The van der Waals surface area contributed by atoms with Crippen LogP contribution in [0.2, 0.25) is 0 Å². The normalized spacial score (nSPS) is 13.2. The molecule has 12 heteroatoms. The summed E-state index contributed by atoms with van der Waals surface area (Å²) in [6, 6.07) is 145. The minimum absolute atomic E-state index is 0.553. The molecule has 0 saturated carbocycles. The number of furan rings is 1. The molecule has 24 aromatic rings. The van der Waals surface area contributed by atoms with Gasteiger partial charge in [-0.1, -0.05) is 340 Å². The Bertz CT molecular complexity index is 8810. The van der Waals surface area contributed by atoms with Crippen molar-refractivity contribution in [1.82, 2.24) is 39.9 Å². The molecule has 0 bridgehead atoms. The monoisotopic (exact) mass is 1680 g/mol. The van der Waals surface area contributed by atoms with E-state index in [9.17, 15) is 0 Å². The molecule has 0 atom stereocenters. The molecular formula is C118H68N8O3S. The van der Waals surface area contributed by atoms with E-state index in [4.69, 9.17) is 53.8 Å². The summed E-state index contributed by atoms with van der Waals surface area (Å²) >= 11 is 1.77. The Labute approximate surface area is 749 Å². The van der Waals surface area contributed by atoms with E-state index in [1.807, 2.05) is 91.0 Å². The summed E-state index contributed by atoms with van der Waals surface area (Å²) in [5.74, 6) is 6.92. The van der Waals surface area contributed by atoms with Crippen molar-refractivity contribution >= 4 is 96.8 Å². The van der Waals surface area contributed by atoms with Crippen molar-refractivity contribution < 1.29 is 13.9 Å². The fraction of sp³-hybridized carbons (Fsp3) is 0.0169. The van der Waals surface area contributed by atoms with Gasteiger partial charge >= 0.3 is 0 Å². The third kappa shape index (κ3) is 11.0. The fourth-order valence-electron chi connectivity index (χ4n) is 21.2. The number of hydrogen-bond acceptors (Lipinski definition) is 12. The molecule has 2 spiro atoms. The second kappa shape index (κ2) is 28.7. The Morgan fingerprint density at radius 2 is 0.562 bits per heavy atom. The number of benzene rings is 18. The van der Waals surface area contributed by atoms with Crippen LogP contribution in [-0.2, 0) is 10.8 Å². The van der Waals surface area contributed by atoms with Crippen LogP contribution >= 0.6 is 11.3 Å². The van der Waals surface area contributed by atoms with E-state index in [2.05, 4.69) is 322 Å². The van der Waals surface area contributed by atoms with E-state index in [0.29, 0.717) is 34.9 Å². The summed E-state index contributed by atoms with van der Waals surface area (Å²) < 4.78 is 22.6. The lowest BCUT2D eigenvalue weighted by molar-refractivity contribution is 0.437. The maximum atomic E-state index is 6.97. The molecule has 2 aliphatic heterocycles. The number of ether oxygens (including phenoxy) is 2. The van der Waals surface area contributed by atoms with Crippen molar-refractivity contribution in [3.8, 4) is 136 Å². The summed E-state index contributed by atoms with van der Waals surface area (Å²) in [6.07, 6.45) is 0. The molecule has 11 nitrogen and oxygen atoms in total. The van der Waals surface area contributed by atoms with E-state index in [1.54, 1.807) is 11.3 Å². The lowest BCUT2D eigenvalue weighted by Crippen LogP contribution is -2.32. The third-order valence-electron chi connectivity index (χ3n) is 26.8. The van der Waals surface area contributed by atoms with Crippen molar-refractivity contribution in [3.63, 3.8) is 0 Å². The lowest BCUT2D eigenvalue weighted by atomic mass is 9.65. The van der Waals surface area contributed by atoms with E-state index in [-0.39, 0.29) is 0 Å². The van der Waals surface area contributed by atoms with Gasteiger partial charge in [-0.15, -0.1) is 11.3 Å². The van der Waals surface area contributed by atoms with Crippen molar-refractivity contribution in [2.75, 3.05) is 0 Å². The summed E-state index contributed by atoms with van der Waals surface area (Å²) in [5.41, 5.74) is 25.7. The largest absolute Gasteiger partial charge is 0.457 e. The highest BCUT2D eigenvalue weighted by Crippen LogP contribution is 2.65. The lowest BCUT2D eigenvalue weighted by Gasteiger charge is -2.39. The number of pyridine rings is 2. The Morgan fingerprint density at radius 3 is 1.05 bits per heavy atom. The van der Waals surface area contributed by atoms with E-state index in [0.717, 1.165) is 171 Å².